The van der Waals surface area contributed by atoms with E-state index in [-0.39, 0.29) is 11.9 Å². The average molecular weight is 333 g/mol. The van der Waals surface area contributed by atoms with Crippen LogP contribution in [-0.2, 0) is 6.54 Å². The molecule has 0 amide bonds. The highest BCUT2D eigenvalue weighted by Crippen LogP contribution is 2.21. The lowest BCUT2D eigenvalue weighted by molar-refractivity contribution is 0.0418. The molecule has 0 spiro atoms. The molecule has 0 radical (unpaired) electrons. The molecule has 0 bridgehead atoms. The summed E-state index contributed by atoms with van der Waals surface area (Å²) in [6.07, 6.45) is 1.34. The molecule has 24 heavy (non-hydrogen) atoms. The Morgan fingerprint density at radius 1 is 1.42 bits per heavy atom. The lowest BCUT2D eigenvalue weighted by atomic mass is 10.1. The third-order valence-corrected chi connectivity index (χ3v) is 4.36. The summed E-state index contributed by atoms with van der Waals surface area (Å²) in [4.78, 5) is 9.12. The van der Waals surface area contributed by atoms with Crippen molar-refractivity contribution in [1.82, 2.24) is 14.8 Å². The number of hydrogen-bond acceptors (Lipinski definition) is 5. The Morgan fingerprint density at radius 3 is 2.96 bits per heavy atom. The van der Waals surface area contributed by atoms with E-state index in [0.29, 0.717) is 30.6 Å². The Hall–Kier alpha value is -1.76. The summed E-state index contributed by atoms with van der Waals surface area (Å²) in [7, 11) is 0. The Morgan fingerprint density at radius 2 is 2.25 bits per heavy atom. The number of β-amino-alcohol motifs (C(OH)–C–C–N with tert-alkyl or cyclic N) is 1. The lowest BCUT2D eigenvalue weighted by Crippen LogP contribution is -2.53. The van der Waals surface area contributed by atoms with Crippen LogP contribution in [0.15, 0.2) is 34.9 Å². The van der Waals surface area contributed by atoms with Crippen molar-refractivity contribution in [1.29, 1.82) is 0 Å². The van der Waals surface area contributed by atoms with Crippen molar-refractivity contribution in [3.63, 3.8) is 0 Å². The van der Waals surface area contributed by atoms with E-state index in [0.717, 1.165) is 25.3 Å². The third kappa shape index (κ3) is 4.20. The van der Waals surface area contributed by atoms with Crippen LogP contribution in [0.25, 0.3) is 11.5 Å². The number of oxazole rings is 1. The number of piperazine rings is 1. The zero-order chi connectivity index (χ0) is 17.1. The van der Waals surface area contributed by atoms with Gasteiger partial charge < -0.3 is 9.52 Å². The van der Waals surface area contributed by atoms with Crippen LogP contribution < -0.4 is 0 Å². The fraction of sp³-hybridized carbons (Fsp3) is 0.500. The van der Waals surface area contributed by atoms with Crippen LogP contribution in [0.1, 0.15) is 19.5 Å². The van der Waals surface area contributed by atoms with Gasteiger partial charge in [0.1, 0.15) is 12.1 Å². The minimum absolute atomic E-state index is 0.296. The van der Waals surface area contributed by atoms with E-state index in [9.17, 15) is 9.50 Å². The number of aromatic nitrogens is 1. The van der Waals surface area contributed by atoms with Crippen LogP contribution in [0.5, 0.6) is 0 Å². The molecule has 1 aromatic heterocycles. The highest BCUT2D eigenvalue weighted by molar-refractivity contribution is 5.52. The predicted octanol–water partition coefficient (Wildman–Crippen LogP) is 2.37. The van der Waals surface area contributed by atoms with Gasteiger partial charge in [-0.2, -0.15) is 0 Å². The molecular formula is C18H24FN3O2. The maximum atomic E-state index is 13.3. The van der Waals surface area contributed by atoms with E-state index in [4.69, 9.17) is 4.42 Å². The monoisotopic (exact) mass is 333 g/mol. The highest BCUT2D eigenvalue weighted by atomic mass is 19.1. The molecule has 6 heteroatoms. The van der Waals surface area contributed by atoms with Crippen molar-refractivity contribution in [3.05, 3.63) is 42.0 Å². The quantitative estimate of drug-likeness (QED) is 0.910. The Balaban J connectivity index is 1.60. The molecule has 0 aliphatic carbocycles. The number of halogens is 1. The van der Waals surface area contributed by atoms with Gasteiger partial charge in [0.25, 0.3) is 0 Å². The van der Waals surface area contributed by atoms with Crippen LogP contribution in [0.3, 0.4) is 0 Å². The van der Waals surface area contributed by atoms with E-state index >= 15 is 0 Å². The average Bonchev–Trinajstić information content (AvgIpc) is 2.98. The number of aliphatic hydroxyl groups is 1. The van der Waals surface area contributed by atoms with Gasteiger partial charge in [-0.15, -0.1) is 0 Å². The summed E-state index contributed by atoms with van der Waals surface area (Å²) >= 11 is 0. The number of aliphatic hydroxyl groups excluding tert-OH is 1. The van der Waals surface area contributed by atoms with Crippen LogP contribution in [-0.4, -0.2) is 58.2 Å². The van der Waals surface area contributed by atoms with Crippen LogP contribution >= 0.6 is 0 Å². The van der Waals surface area contributed by atoms with Crippen molar-refractivity contribution in [2.24, 2.45) is 0 Å². The first-order valence-electron chi connectivity index (χ1n) is 8.36. The zero-order valence-corrected chi connectivity index (χ0v) is 14.2. The largest absolute Gasteiger partial charge is 0.444 e. The minimum atomic E-state index is -0.302. The molecule has 2 atom stereocenters. The molecule has 1 aliphatic heterocycles. The fourth-order valence-corrected chi connectivity index (χ4v) is 3.19. The van der Waals surface area contributed by atoms with Crippen molar-refractivity contribution in [2.45, 2.75) is 32.5 Å². The molecule has 5 nitrogen and oxygen atoms in total. The van der Waals surface area contributed by atoms with Crippen LogP contribution in [0, 0.1) is 5.82 Å². The van der Waals surface area contributed by atoms with Crippen molar-refractivity contribution in [3.8, 4) is 11.5 Å². The summed E-state index contributed by atoms with van der Waals surface area (Å²) in [6.45, 7) is 8.21. The Kier molecular flexibility index (Phi) is 5.28. The topological polar surface area (TPSA) is 52.7 Å². The van der Waals surface area contributed by atoms with Gasteiger partial charge in [-0.3, -0.25) is 9.80 Å². The highest BCUT2D eigenvalue weighted by Gasteiger charge is 2.25. The molecule has 3 rings (SSSR count). The summed E-state index contributed by atoms with van der Waals surface area (Å²) in [5.74, 6) is 0.153. The summed E-state index contributed by atoms with van der Waals surface area (Å²) in [5, 5.41) is 9.55. The first-order chi connectivity index (χ1) is 11.5. The normalized spacial score (nSPS) is 21.1. The van der Waals surface area contributed by atoms with Gasteiger partial charge in [-0.25, -0.2) is 9.37 Å². The zero-order valence-electron chi connectivity index (χ0n) is 14.2. The molecule has 0 saturated carbocycles. The molecular weight excluding hydrogens is 309 g/mol. The smallest absolute Gasteiger partial charge is 0.226 e. The number of nitrogens with zero attached hydrogens (tertiary/aromatic N) is 3. The van der Waals surface area contributed by atoms with Gasteiger partial charge in [0.2, 0.25) is 5.89 Å². The van der Waals surface area contributed by atoms with E-state index in [1.165, 1.54) is 12.1 Å². The Bertz CT molecular complexity index is 674. The van der Waals surface area contributed by atoms with Crippen LogP contribution in [0.4, 0.5) is 4.39 Å². The summed E-state index contributed by atoms with van der Waals surface area (Å²) in [5.41, 5.74) is 1.50. The molecule has 1 N–H and O–H groups in total. The number of rotatable bonds is 5. The van der Waals surface area contributed by atoms with E-state index < -0.39 is 0 Å². The van der Waals surface area contributed by atoms with Crippen molar-refractivity contribution < 1.29 is 13.9 Å². The molecule has 2 aromatic rings. The van der Waals surface area contributed by atoms with E-state index in [1.807, 2.05) is 6.92 Å². The van der Waals surface area contributed by atoms with Gasteiger partial charge in [0.05, 0.1) is 11.8 Å². The standard InChI is InChI=1S/C18H24FN3O2/c1-13-9-21(6-7-22(13)10-14(2)23)11-17-12-24-18(20-17)15-4-3-5-16(19)8-15/h3-5,8,12-14,23H,6-7,9-11H2,1-2H3/t13-,14+/m0/s1. The minimum Gasteiger partial charge on any atom is -0.444 e. The van der Waals surface area contributed by atoms with E-state index in [1.54, 1.807) is 18.4 Å². The van der Waals surface area contributed by atoms with Gasteiger partial charge in [-0.05, 0) is 32.0 Å². The first-order valence-corrected chi connectivity index (χ1v) is 8.36. The van der Waals surface area contributed by atoms with Crippen molar-refractivity contribution in [2.75, 3.05) is 26.2 Å². The SMILES string of the molecule is C[C@@H](O)CN1CCN(Cc2coc(-c3cccc(F)c3)n2)C[C@@H]1C. The summed E-state index contributed by atoms with van der Waals surface area (Å²) < 4.78 is 18.8. The molecule has 0 unspecified atom stereocenters. The molecule has 1 aliphatic rings. The van der Waals surface area contributed by atoms with Crippen molar-refractivity contribution >= 4 is 0 Å². The first kappa shape index (κ1) is 17.1. The van der Waals surface area contributed by atoms with Gasteiger partial charge >= 0.3 is 0 Å². The Labute approximate surface area is 141 Å². The van der Waals surface area contributed by atoms with Gasteiger partial charge in [0.15, 0.2) is 0 Å². The van der Waals surface area contributed by atoms with Crippen LogP contribution in [0.2, 0.25) is 0 Å². The molecule has 2 heterocycles. The second kappa shape index (κ2) is 7.42. The third-order valence-electron chi connectivity index (χ3n) is 4.36. The second-order valence-corrected chi connectivity index (χ2v) is 6.58. The lowest BCUT2D eigenvalue weighted by Gasteiger charge is -2.40. The predicted molar refractivity (Wildman–Crippen MR) is 89.9 cm³/mol. The number of benzene rings is 1. The fourth-order valence-electron chi connectivity index (χ4n) is 3.19. The summed E-state index contributed by atoms with van der Waals surface area (Å²) in [6, 6.07) is 6.66. The molecule has 1 fully saturated rings. The second-order valence-electron chi connectivity index (χ2n) is 6.58. The maximum absolute atomic E-state index is 13.3. The molecule has 1 aromatic carbocycles. The maximum Gasteiger partial charge on any atom is 0.226 e. The molecule has 130 valence electrons. The number of hydrogen-bond donors (Lipinski definition) is 1. The molecule has 1 saturated heterocycles. The van der Waals surface area contributed by atoms with Gasteiger partial charge in [0, 0.05) is 44.3 Å². The van der Waals surface area contributed by atoms with Gasteiger partial charge in [-0.1, -0.05) is 6.07 Å². The van der Waals surface area contributed by atoms with E-state index in [2.05, 4.69) is 21.7 Å².